The Hall–Kier alpha value is -2.23. The van der Waals surface area contributed by atoms with E-state index in [-0.39, 0.29) is 5.91 Å². The van der Waals surface area contributed by atoms with Crippen LogP contribution >= 0.6 is 0 Å². The van der Waals surface area contributed by atoms with Crippen LogP contribution in [-0.4, -0.2) is 17.4 Å². The van der Waals surface area contributed by atoms with Gasteiger partial charge in [0.2, 0.25) is 0 Å². The maximum Gasteiger partial charge on any atom is 0.274 e. The Morgan fingerprint density at radius 3 is 3.00 bits per heavy atom. The Balaban J connectivity index is 1.99. The van der Waals surface area contributed by atoms with Crippen LogP contribution in [0.2, 0.25) is 0 Å². The van der Waals surface area contributed by atoms with E-state index in [1.54, 1.807) is 12.3 Å². The number of amides is 1. The first kappa shape index (κ1) is 10.9. The molecule has 4 nitrogen and oxygen atoms in total. The number of aryl methyl sites for hydroxylation is 1. The summed E-state index contributed by atoms with van der Waals surface area (Å²) in [6, 6.07) is 9.38. The number of nitrogens with zero attached hydrogens (tertiary/aromatic N) is 1. The van der Waals surface area contributed by atoms with Crippen molar-refractivity contribution < 1.29 is 4.79 Å². The van der Waals surface area contributed by atoms with Crippen LogP contribution < -0.4 is 10.6 Å². The first-order valence-corrected chi connectivity index (χ1v) is 6.09. The second kappa shape index (κ2) is 4.22. The number of H-pyrrole nitrogens is 1. The summed E-state index contributed by atoms with van der Waals surface area (Å²) in [5.74, 6) is 0.0192. The molecule has 4 heteroatoms. The van der Waals surface area contributed by atoms with Crippen molar-refractivity contribution in [2.24, 2.45) is 0 Å². The molecule has 0 radical (unpaired) electrons. The highest BCUT2D eigenvalue weighted by Crippen LogP contribution is 2.29. The van der Waals surface area contributed by atoms with Gasteiger partial charge in [0.15, 0.2) is 0 Å². The van der Waals surface area contributed by atoms with Crippen LogP contribution in [0.1, 0.15) is 22.5 Å². The third-order valence-corrected chi connectivity index (χ3v) is 3.30. The number of carbonyl (C=O) groups excluding carboxylic acids is 1. The SMILES string of the molecule is Nc1ccc2c(c1)CCCN2C(=O)c1ccc[nH]1. The quantitative estimate of drug-likeness (QED) is 0.752. The summed E-state index contributed by atoms with van der Waals surface area (Å²) in [4.78, 5) is 17.2. The zero-order valence-corrected chi connectivity index (χ0v) is 10.0. The minimum atomic E-state index is 0.0192. The highest BCUT2D eigenvalue weighted by molar-refractivity contribution is 6.05. The van der Waals surface area contributed by atoms with Gasteiger partial charge in [0.05, 0.1) is 0 Å². The van der Waals surface area contributed by atoms with Crippen molar-refractivity contribution in [1.82, 2.24) is 4.98 Å². The number of hydrogen-bond donors (Lipinski definition) is 2. The van der Waals surface area contributed by atoms with Gasteiger partial charge in [0.25, 0.3) is 5.91 Å². The van der Waals surface area contributed by atoms with E-state index in [1.165, 1.54) is 0 Å². The van der Waals surface area contributed by atoms with Crippen molar-refractivity contribution in [2.75, 3.05) is 17.2 Å². The van der Waals surface area contributed by atoms with E-state index in [9.17, 15) is 4.79 Å². The summed E-state index contributed by atoms with van der Waals surface area (Å²) < 4.78 is 0. The standard InChI is InChI=1S/C14H15N3O/c15-11-5-6-13-10(9-11)3-2-8-17(13)14(18)12-4-1-7-16-12/h1,4-7,9,16H,2-3,8,15H2. The molecule has 0 saturated heterocycles. The first-order chi connectivity index (χ1) is 8.75. The zero-order chi connectivity index (χ0) is 12.5. The lowest BCUT2D eigenvalue weighted by Gasteiger charge is -2.29. The Bertz CT molecular complexity index is 575. The molecule has 1 aromatic heterocycles. The molecule has 0 bridgehead atoms. The van der Waals surface area contributed by atoms with E-state index >= 15 is 0 Å². The molecule has 2 heterocycles. The van der Waals surface area contributed by atoms with Crippen molar-refractivity contribution in [1.29, 1.82) is 0 Å². The number of nitrogens with one attached hydrogen (secondary N) is 1. The monoisotopic (exact) mass is 241 g/mol. The molecule has 0 aliphatic carbocycles. The molecule has 1 amide bonds. The lowest BCUT2D eigenvalue weighted by atomic mass is 10.0. The number of anilines is 2. The number of aromatic nitrogens is 1. The fourth-order valence-electron chi connectivity index (χ4n) is 2.44. The van der Waals surface area contributed by atoms with Crippen LogP contribution in [0.25, 0.3) is 0 Å². The molecule has 1 aliphatic heterocycles. The number of nitrogen functional groups attached to an aromatic ring is 1. The molecule has 2 aromatic rings. The van der Waals surface area contributed by atoms with E-state index in [0.717, 1.165) is 36.3 Å². The second-order valence-corrected chi connectivity index (χ2v) is 4.53. The predicted molar refractivity (Wildman–Crippen MR) is 71.6 cm³/mol. The van der Waals surface area contributed by atoms with Gasteiger partial charge in [-0.1, -0.05) is 0 Å². The maximum absolute atomic E-state index is 12.4. The van der Waals surface area contributed by atoms with Crippen LogP contribution in [0.5, 0.6) is 0 Å². The summed E-state index contributed by atoms with van der Waals surface area (Å²) in [7, 11) is 0. The normalized spacial score (nSPS) is 14.3. The largest absolute Gasteiger partial charge is 0.399 e. The summed E-state index contributed by atoms with van der Waals surface area (Å²) in [5.41, 5.74) is 9.30. The van der Waals surface area contributed by atoms with Gasteiger partial charge in [-0.25, -0.2) is 0 Å². The molecule has 1 aliphatic rings. The molecule has 18 heavy (non-hydrogen) atoms. The highest BCUT2D eigenvalue weighted by atomic mass is 16.2. The molecule has 0 saturated carbocycles. The van der Waals surface area contributed by atoms with Gasteiger partial charge in [0, 0.05) is 24.1 Å². The average molecular weight is 241 g/mol. The summed E-state index contributed by atoms with van der Waals surface area (Å²) >= 11 is 0. The van der Waals surface area contributed by atoms with Gasteiger partial charge >= 0.3 is 0 Å². The number of benzene rings is 1. The van der Waals surface area contributed by atoms with E-state index in [4.69, 9.17) is 5.73 Å². The third-order valence-electron chi connectivity index (χ3n) is 3.30. The summed E-state index contributed by atoms with van der Waals surface area (Å²) in [6.07, 6.45) is 3.72. The van der Waals surface area contributed by atoms with Crippen molar-refractivity contribution in [3.8, 4) is 0 Å². The van der Waals surface area contributed by atoms with Crippen LogP contribution in [0.15, 0.2) is 36.5 Å². The number of fused-ring (bicyclic) bond motifs is 1. The minimum Gasteiger partial charge on any atom is -0.399 e. The van der Waals surface area contributed by atoms with Gasteiger partial charge in [-0.3, -0.25) is 4.79 Å². The topological polar surface area (TPSA) is 62.1 Å². The number of nitrogens with two attached hydrogens (primary N) is 1. The van der Waals surface area contributed by atoms with E-state index < -0.39 is 0 Å². The van der Waals surface area contributed by atoms with Gasteiger partial charge in [-0.05, 0) is 48.7 Å². The summed E-state index contributed by atoms with van der Waals surface area (Å²) in [6.45, 7) is 0.759. The molecule has 0 atom stereocenters. The molecule has 0 unspecified atom stereocenters. The second-order valence-electron chi connectivity index (χ2n) is 4.53. The molecule has 0 fully saturated rings. The third kappa shape index (κ3) is 1.76. The average Bonchev–Trinajstić information content (AvgIpc) is 2.90. The first-order valence-electron chi connectivity index (χ1n) is 6.09. The van der Waals surface area contributed by atoms with Crippen molar-refractivity contribution in [3.63, 3.8) is 0 Å². The molecule has 0 spiro atoms. The Morgan fingerprint density at radius 1 is 1.33 bits per heavy atom. The predicted octanol–water partition coefficient (Wildman–Crippen LogP) is 2.19. The number of hydrogen-bond acceptors (Lipinski definition) is 2. The lowest BCUT2D eigenvalue weighted by molar-refractivity contribution is 0.0981. The maximum atomic E-state index is 12.4. The fourth-order valence-corrected chi connectivity index (χ4v) is 2.44. The van der Waals surface area contributed by atoms with E-state index in [1.807, 2.05) is 29.2 Å². The highest BCUT2D eigenvalue weighted by Gasteiger charge is 2.23. The van der Waals surface area contributed by atoms with Crippen LogP contribution in [0.3, 0.4) is 0 Å². The van der Waals surface area contributed by atoms with Gasteiger partial charge in [-0.15, -0.1) is 0 Å². The Labute approximate surface area is 105 Å². The van der Waals surface area contributed by atoms with Gasteiger partial charge in [-0.2, -0.15) is 0 Å². The van der Waals surface area contributed by atoms with Crippen LogP contribution in [0.4, 0.5) is 11.4 Å². The van der Waals surface area contributed by atoms with Crippen LogP contribution in [0, 0.1) is 0 Å². The van der Waals surface area contributed by atoms with Crippen molar-refractivity contribution in [2.45, 2.75) is 12.8 Å². The number of rotatable bonds is 1. The number of aromatic amines is 1. The van der Waals surface area contributed by atoms with Crippen molar-refractivity contribution in [3.05, 3.63) is 47.8 Å². The smallest absolute Gasteiger partial charge is 0.274 e. The minimum absolute atomic E-state index is 0.0192. The Kier molecular flexibility index (Phi) is 2.55. The van der Waals surface area contributed by atoms with Gasteiger partial charge < -0.3 is 15.6 Å². The molecule has 3 N–H and O–H groups in total. The molecule has 3 rings (SSSR count). The zero-order valence-electron chi connectivity index (χ0n) is 10.0. The van der Waals surface area contributed by atoms with E-state index in [2.05, 4.69) is 4.98 Å². The summed E-state index contributed by atoms with van der Waals surface area (Å²) in [5, 5.41) is 0. The van der Waals surface area contributed by atoms with E-state index in [0.29, 0.717) is 5.69 Å². The lowest BCUT2D eigenvalue weighted by Crippen LogP contribution is -2.35. The fraction of sp³-hybridized carbons (Fsp3) is 0.214. The molecular formula is C14H15N3O. The van der Waals surface area contributed by atoms with Crippen LogP contribution in [-0.2, 0) is 6.42 Å². The van der Waals surface area contributed by atoms with Gasteiger partial charge in [0.1, 0.15) is 5.69 Å². The molecule has 92 valence electrons. The van der Waals surface area contributed by atoms with Crippen molar-refractivity contribution >= 4 is 17.3 Å². The Morgan fingerprint density at radius 2 is 2.22 bits per heavy atom. The molecule has 1 aromatic carbocycles. The number of carbonyl (C=O) groups is 1. The molecular weight excluding hydrogens is 226 g/mol.